The molecule has 14 heavy (non-hydrogen) atoms. The van der Waals surface area contributed by atoms with Gasteiger partial charge in [0.1, 0.15) is 6.61 Å². The highest BCUT2D eigenvalue weighted by molar-refractivity contribution is 5.70. The highest BCUT2D eigenvalue weighted by Crippen LogP contribution is 1.85. The molecule has 0 rings (SSSR count). The quantitative estimate of drug-likeness (QED) is 0.339. The van der Waals surface area contributed by atoms with Crippen LogP contribution in [0.3, 0.4) is 0 Å². The lowest BCUT2D eigenvalue weighted by Gasteiger charge is -2.04. The van der Waals surface area contributed by atoms with Crippen molar-refractivity contribution in [3.63, 3.8) is 0 Å². The van der Waals surface area contributed by atoms with Crippen molar-refractivity contribution in [2.45, 2.75) is 19.3 Å². The summed E-state index contributed by atoms with van der Waals surface area (Å²) in [5.41, 5.74) is 5.33. The van der Waals surface area contributed by atoms with Gasteiger partial charge in [0.25, 0.3) is 0 Å². The molecule has 0 bridgehead atoms. The van der Waals surface area contributed by atoms with Crippen LogP contribution in [0.25, 0.3) is 0 Å². The molecular formula is C9H20N2O3. The van der Waals surface area contributed by atoms with Gasteiger partial charge in [0.2, 0.25) is 0 Å². The molecule has 0 aromatic carbocycles. The van der Waals surface area contributed by atoms with Gasteiger partial charge < -0.3 is 20.9 Å². The number of nitrogens with one attached hydrogen (secondary N) is 1. The van der Waals surface area contributed by atoms with Crippen LogP contribution in [-0.4, -0.2) is 43.9 Å². The zero-order chi connectivity index (χ0) is 10.6. The van der Waals surface area contributed by atoms with Crippen LogP contribution in [0.1, 0.15) is 19.3 Å². The predicted molar refractivity (Wildman–Crippen MR) is 53.8 cm³/mol. The SMILES string of the molecule is NCCCCNCCCOC(=O)CO. The predicted octanol–water partition coefficient (Wildman–Crippen LogP) is -0.759. The third-order valence-electron chi connectivity index (χ3n) is 1.70. The van der Waals surface area contributed by atoms with E-state index in [1.54, 1.807) is 0 Å². The molecule has 0 spiro atoms. The minimum absolute atomic E-state index is 0.364. The summed E-state index contributed by atoms with van der Waals surface area (Å²) in [4.78, 5) is 10.5. The number of hydrogen-bond acceptors (Lipinski definition) is 5. The Morgan fingerprint density at radius 2 is 2.00 bits per heavy atom. The molecule has 0 heterocycles. The van der Waals surface area contributed by atoms with E-state index in [9.17, 15) is 4.79 Å². The first kappa shape index (κ1) is 13.4. The number of ether oxygens (including phenoxy) is 1. The van der Waals surface area contributed by atoms with E-state index in [1.165, 1.54) is 0 Å². The van der Waals surface area contributed by atoms with E-state index in [0.29, 0.717) is 6.61 Å². The topological polar surface area (TPSA) is 84.6 Å². The van der Waals surface area contributed by atoms with Crippen LogP contribution in [0.5, 0.6) is 0 Å². The molecule has 5 heteroatoms. The molecule has 0 atom stereocenters. The number of nitrogens with two attached hydrogens (primary N) is 1. The fourth-order valence-electron chi connectivity index (χ4n) is 0.948. The van der Waals surface area contributed by atoms with Crippen molar-refractivity contribution in [1.29, 1.82) is 0 Å². The lowest BCUT2D eigenvalue weighted by atomic mass is 10.3. The molecule has 0 saturated heterocycles. The number of carbonyl (C=O) groups excluding carboxylic acids is 1. The first-order valence-corrected chi connectivity index (χ1v) is 4.98. The maximum absolute atomic E-state index is 10.5. The van der Waals surface area contributed by atoms with Crippen LogP contribution in [0.2, 0.25) is 0 Å². The second-order valence-corrected chi connectivity index (χ2v) is 2.98. The zero-order valence-electron chi connectivity index (χ0n) is 8.50. The standard InChI is InChI=1S/C9H20N2O3/c10-4-1-2-5-11-6-3-7-14-9(13)8-12/h11-12H,1-8,10H2. The summed E-state index contributed by atoms with van der Waals surface area (Å²) in [5.74, 6) is -0.562. The van der Waals surface area contributed by atoms with Gasteiger partial charge in [0, 0.05) is 0 Å². The molecule has 84 valence electrons. The van der Waals surface area contributed by atoms with Crippen LogP contribution in [0, 0.1) is 0 Å². The van der Waals surface area contributed by atoms with Gasteiger partial charge in [-0.05, 0) is 38.9 Å². The van der Waals surface area contributed by atoms with Crippen LogP contribution in [0.15, 0.2) is 0 Å². The molecule has 0 aromatic rings. The summed E-state index contributed by atoms with van der Waals surface area (Å²) in [6, 6.07) is 0. The number of aliphatic hydroxyl groups is 1. The van der Waals surface area contributed by atoms with Crippen LogP contribution in [0.4, 0.5) is 0 Å². The molecule has 0 aliphatic carbocycles. The van der Waals surface area contributed by atoms with E-state index in [-0.39, 0.29) is 0 Å². The van der Waals surface area contributed by atoms with Gasteiger partial charge >= 0.3 is 5.97 Å². The maximum Gasteiger partial charge on any atom is 0.331 e. The van der Waals surface area contributed by atoms with Crippen LogP contribution < -0.4 is 11.1 Å². The molecular weight excluding hydrogens is 184 g/mol. The number of esters is 1. The van der Waals surface area contributed by atoms with Crippen molar-refractivity contribution in [1.82, 2.24) is 5.32 Å². The molecule has 0 radical (unpaired) electrons. The summed E-state index contributed by atoms with van der Waals surface area (Å²) in [6.07, 6.45) is 2.88. The lowest BCUT2D eigenvalue weighted by molar-refractivity contribution is -0.146. The Morgan fingerprint density at radius 3 is 2.64 bits per heavy atom. The molecule has 5 nitrogen and oxygen atoms in total. The largest absolute Gasteiger partial charge is 0.464 e. The van der Waals surface area contributed by atoms with E-state index in [0.717, 1.165) is 38.9 Å². The van der Waals surface area contributed by atoms with E-state index in [4.69, 9.17) is 10.8 Å². The Hall–Kier alpha value is -0.650. The van der Waals surface area contributed by atoms with E-state index in [1.807, 2.05) is 0 Å². The van der Waals surface area contributed by atoms with Crippen LogP contribution >= 0.6 is 0 Å². The van der Waals surface area contributed by atoms with Gasteiger partial charge in [0.15, 0.2) is 0 Å². The second kappa shape index (κ2) is 10.4. The number of aliphatic hydroxyl groups excluding tert-OH is 1. The summed E-state index contributed by atoms with van der Waals surface area (Å²) in [6.45, 7) is 2.33. The first-order chi connectivity index (χ1) is 6.81. The third kappa shape index (κ3) is 9.44. The zero-order valence-corrected chi connectivity index (χ0v) is 8.50. The van der Waals surface area contributed by atoms with Gasteiger partial charge in [-0.1, -0.05) is 0 Å². The molecule has 0 saturated carbocycles. The number of rotatable bonds is 9. The second-order valence-electron chi connectivity index (χ2n) is 2.98. The lowest BCUT2D eigenvalue weighted by Crippen LogP contribution is -2.20. The molecule has 0 aliphatic heterocycles. The Bertz CT molecular complexity index is 142. The Kier molecular flexibility index (Phi) is 9.95. The van der Waals surface area contributed by atoms with Gasteiger partial charge in [-0.2, -0.15) is 0 Å². The fourth-order valence-corrected chi connectivity index (χ4v) is 0.948. The number of hydrogen-bond donors (Lipinski definition) is 3. The van der Waals surface area contributed by atoms with Gasteiger partial charge in [0.05, 0.1) is 6.61 Å². The summed E-state index contributed by atoms with van der Waals surface area (Å²) < 4.78 is 4.67. The Balaban J connectivity index is 2.95. The summed E-state index contributed by atoms with van der Waals surface area (Å²) >= 11 is 0. The average molecular weight is 204 g/mol. The highest BCUT2D eigenvalue weighted by Gasteiger charge is 1.97. The van der Waals surface area contributed by atoms with Crippen molar-refractivity contribution < 1.29 is 14.6 Å². The van der Waals surface area contributed by atoms with Gasteiger partial charge in [-0.15, -0.1) is 0 Å². The van der Waals surface area contributed by atoms with Gasteiger partial charge in [-0.25, -0.2) is 4.79 Å². The molecule has 0 amide bonds. The average Bonchev–Trinajstić information content (AvgIpc) is 2.21. The van der Waals surface area contributed by atoms with Crippen molar-refractivity contribution in [3.05, 3.63) is 0 Å². The normalized spacial score (nSPS) is 10.1. The van der Waals surface area contributed by atoms with Crippen molar-refractivity contribution >= 4 is 5.97 Å². The third-order valence-corrected chi connectivity index (χ3v) is 1.70. The minimum atomic E-state index is -0.562. The first-order valence-electron chi connectivity index (χ1n) is 4.98. The van der Waals surface area contributed by atoms with Crippen molar-refractivity contribution in [2.24, 2.45) is 5.73 Å². The van der Waals surface area contributed by atoms with Gasteiger partial charge in [-0.3, -0.25) is 0 Å². The monoisotopic (exact) mass is 204 g/mol. The fraction of sp³-hybridized carbons (Fsp3) is 0.889. The maximum atomic E-state index is 10.5. The van der Waals surface area contributed by atoms with Crippen molar-refractivity contribution in [3.8, 4) is 0 Å². The molecule has 4 N–H and O–H groups in total. The van der Waals surface area contributed by atoms with Crippen molar-refractivity contribution in [2.75, 3.05) is 32.8 Å². The van der Waals surface area contributed by atoms with E-state index in [2.05, 4.69) is 10.1 Å². The smallest absolute Gasteiger partial charge is 0.331 e. The molecule has 0 aliphatic rings. The molecule has 0 aromatic heterocycles. The Labute approximate surface area is 84.6 Å². The van der Waals surface area contributed by atoms with E-state index < -0.39 is 12.6 Å². The number of carbonyl (C=O) groups is 1. The van der Waals surface area contributed by atoms with Crippen LogP contribution in [-0.2, 0) is 9.53 Å². The molecule has 0 unspecified atom stereocenters. The minimum Gasteiger partial charge on any atom is -0.464 e. The summed E-state index contributed by atoms with van der Waals surface area (Å²) in [5, 5.41) is 11.5. The summed E-state index contributed by atoms with van der Waals surface area (Å²) in [7, 11) is 0. The number of unbranched alkanes of at least 4 members (excludes halogenated alkanes) is 1. The van der Waals surface area contributed by atoms with E-state index >= 15 is 0 Å². The molecule has 0 fully saturated rings. The Morgan fingerprint density at radius 1 is 1.29 bits per heavy atom. The highest BCUT2D eigenvalue weighted by atomic mass is 16.5.